The summed E-state index contributed by atoms with van der Waals surface area (Å²) in [4.78, 5) is 0. The lowest BCUT2D eigenvalue weighted by Crippen LogP contribution is -2.15. The molecule has 2 nitrogen and oxygen atoms in total. The van der Waals surface area contributed by atoms with E-state index in [1.54, 1.807) is 6.07 Å². The first-order valence-corrected chi connectivity index (χ1v) is 4.00. The third-order valence-corrected chi connectivity index (χ3v) is 1.70. The van der Waals surface area contributed by atoms with Gasteiger partial charge in [-0.1, -0.05) is 18.2 Å². The van der Waals surface area contributed by atoms with E-state index in [9.17, 15) is 13.2 Å². The Balaban J connectivity index is 2.91. The van der Waals surface area contributed by atoms with E-state index < -0.39 is 19.3 Å². The lowest BCUT2D eigenvalue weighted by Gasteiger charge is -2.13. The molecule has 0 radical (unpaired) electrons. The van der Waals surface area contributed by atoms with E-state index in [-0.39, 0.29) is 11.3 Å². The Kier molecular flexibility index (Phi) is 3.76. The number of hydrogen-bond acceptors (Lipinski definition) is 2. The van der Waals surface area contributed by atoms with Gasteiger partial charge in [-0.2, -0.15) is 8.78 Å². The van der Waals surface area contributed by atoms with Crippen LogP contribution in [0.3, 0.4) is 0 Å². The van der Waals surface area contributed by atoms with E-state index in [4.69, 9.17) is 5.73 Å². The van der Waals surface area contributed by atoms with Crippen LogP contribution in [0.1, 0.15) is 11.6 Å². The third-order valence-electron chi connectivity index (χ3n) is 1.70. The van der Waals surface area contributed by atoms with Crippen molar-refractivity contribution in [1.82, 2.24) is 0 Å². The number of nitrogens with two attached hydrogens (primary N) is 1. The van der Waals surface area contributed by atoms with Crippen molar-refractivity contribution in [1.29, 1.82) is 0 Å². The molecule has 0 unspecified atom stereocenters. The van der Waals surface area contributed by atoms with Crippen molar-refractivity contribution in [2.45, 2.75) is 12.7 Å². The predicted molar refractivity (Wildman–Crippen MR) is 46.0 cm³/mol. The molecule has 2 N–H and O–H groups in total. The number of ether oxygens (including phenoxy) is 1. The lowest BCUT2D eigenvalue weighted by molar-refractivity contribution is -0.0506. The van der Waals surface area contributed by atoms with Crippen LogP contribution < -0.4 is 10.5 Å². The van der Waals surface area contributed by atoms with Gasteiger partial charge in [0.1, 0.15) is 12.4 Å². The summed E-state index contributed by atoms with van der Waals surface area (Å²) in [5.74, 6) is -0.0762. The maximum atomic E-state index is 12.2. The Bertz CT molecular complexity index is 293. The molecule has 0 spiro atoms. The van der Waals surface area contributed by atoms with Crippen LogP contribution in [0.15, 0.2) is 24.3 Å². The highest BCUT2D eigenvalue weighted by atomic mass is 19.3. The summed E-state index contributed by atoms with van der Waals surface area (Å²) in [6.07, 6.45) is 0. The molecule has 0 fully saturated rings. The molecule has 0 saturated heterocycles. The number of halogens is 3. The monoisotopic (exact) mass is 205 g/mol. The molecule has 1 aromatic carbocycles. The Morgan fingerprint density at radius 3 is 2.50 bits per heavy atom. The van der Waals surface area contributed by atoms with Gasteiger partial charge in [0.15, 0.2) is 0 Å². The highest BCUT2D eigenvalue weighted by Gasteiger charge is 2.14. The van der Waals surface area contributed by atoms with Gasteiger partial charge in [0.05, 0.1) is 6.04 Å². The Hall–Kier alpha value is -1.23. The molecule has 0 bridgehead atoms. The van der Waals surface area contributed by atoms with Gasteiger partial charge in [0.2, 0.25) is 0 Å². The van der Waals surface area contributed by atoms with Crippen LogP contribution in [0.5, 0.6) is 5.75 Å². The third kappa shape index (κ3) is 2.63. The van der Waals surface area contributed by atoms with Crippen LogP contribution in [0.25, 0.3) is 0 Å². The molecule has 5 heteroatoms. The average molecular weight is 205 g/mol. The number of rotatable bonds is 4. The predicted octanol–water partition coefficient (Wildman–Crippen LogP) is 2.26. The SMILES string of the molecule is N[C@H](CF)c1ccccc1OC(F)F. The second kappa shape index (κ2) is 4.85. The van der Waals surface area contributed by atoms with Crippen LogP contribution in [0.2, 0.25) is 0 Å². The molecule has 0 aliphatic heterocycles. The van der Waals surface area contributed by atoms with Gasteiger partial charge >= 0.3 is 6.61 Å². The molecule has 0 aliphatic carbocycles. The Morgan fingerprint density at radius 2 is 1.93 bits per heavy atom. The van der Waals surface area contributed by atoms with Crippen molar-refractivity contribution in [2.75, 3.05) is 6.67 Å². The van der Waals surface area contributed by atoms with E-state index in [0.717, 1.165) is 0 Å². The minimum atomic E-state index is -2.93. The first kappa shape index (κ1) is 10.8. The van der Waals surface area contributed by atoms with Crippen molar-refractivity contribution in [2.24, 2.45) is 5.73 Å². The van der Waals surface area contributed by atoms with E-state index in [1.807, 2.05) is 0 Å². The number of benzene rings is 1. The zero-order valence-corrected chi connectivity index (χ0v) is 7.29. The lowest BCUT2D eigenvalue weighted by atomic mass is 10.1. The molecule has 1 aromatic rings. The second-order valence-electron chi connectivity index (χ2n) is 2.68. The van der Waals surface area contributed by atoms with E-state index in [1.165, 1.54) is 18.2 Å². The molecule has 1 rings (SSSR count). The first-order chi connectivity index (χ1) is 6.65. The van der Waals surface area contributed by atoms with Crippen LogP contribution in [0, 0.1) is 0 Å². The number of alkyl halides is 3. The van der Waals surface area contributed by atoms with Gasteiger partial charge in [0, 0.05) is 5.56 Å². The molecule has 78 valence electrons. The molecule has 0 amide bonds. The summed E-state index contributed by atoms with van der Waals surface area (Å²) in [5.41, 5.74) is 5.62. The van der Waals surface area contributed by atoms with E-state index >= 15 is 0 Å². The summed E-state index contributed by atoms with van der Waals surface area (Å²) in [6.45, 7) is -3.74. The molecule has 14 heavy (non-hydrogen) atoms. The van der Waals surface area contributed by atoms with E-state index in [0.29, 0.717) is 0 Å². The van der Waals surface area contributed by atoms with Gasteiger partial charge in [-0.25, -0.2) is 4.39 Å². The zero-order chi connectivity index (χ0) is 10.6. The fraction of sp³-hybridized carbons (Fsp3) is 0.333. The van der Waals surface area contributed by atoms with Crippen LogP contribution >= 0.6 is 0 Å². The summed E-state index contributed by atoms with van der Waals surface area (Å²) in [5, 5.41) is 0. The summed E-state index contributed by atoms with van der Waals surface area (Å²) >= 11 is 0. The molecule has 0 aromatic heterocycles. The van der Waals surface area contributed by atoms with Crippen molar-refractivity contribution in [3.8, 4) is 5.75 Å². The summed E-state index contributed by atoms with van der Waals surface area (Å²) in [6, 6.07) is 4.97. The van der Waals surface area contributed by atoms with Crippen LogP contribution in [0.4, 0.5) is 13.2 Å². The molecule has 0 aliphatic rings. The van der Waals surface area contributed by atoms with Crippen molar-refractivity contribution >= 4 is 0 Å². The maximum Gasteiger partial charge on any atom is 0.387 e. The first-order valence-electron chi connectivity index (χ1n) is 4.00. The Labute approximate surface area is 79.5 Å². The van der Waals surface area contributed by atoms with Gasteiger partial charge in [0.25, 0.3) is 0 Å². The van der Waals surface area contributed by atoms with Crippen molar-refractivity contribution < 1.29 is 17.9 Å². The van der Waals surface area contributed by atoms with Crippen LogP contribution in [-0.2, 0) is 0 Å². The second-order valence-corrected chi connectivity index (χ2v) is 2.68. The van der Waals surface area contributed by atoms with E-state index in [2.05, 4.69) is 4.74 Å². The van der Waals surface area contributed by atoms with Crippen molar-refractivity contribution in [3.63, 3.8) is 0 Å². The zero-order valence-electron chi connectivity index (χ0n) is 7.29. The fourth-order valence-corrected chi connectivity index (χ4v) is 1.07. The number of hydrogen-bond donors (Lipinski definition) is 1. The minimum absolute atomic E-state index is 0.0762. The quantitative estimate of drug-likeness (QED) is 0.818. The van der Waals surface area contributed by atoms with Gasteiger partial charge in [-0.15, -0.1) is 0 Å². The normalized spacial score (nSPS) is 12.9. The van der Waals surface area contributed by atoms with Crippen molar-refractivity contribution in [3.05, 3.63) is 29.8 Å². The molecular formula is C9H10F3NO. The highest BCUT2D eigenvalue weighted by Crippen LogP contribution is 2.25. The molecule has 0 heterocycles. The van der Waals surface area contributed by atoms with Gasteiger partial charge in [-0.3, -0.25) is 0 Å². The summed E-state index contributed by atoms with van der Waals surface area (Å²) in [7, 11) is 0. The highest BCUT2D eigenvalue weighted by molar-refractivity contribution is 5.35. The Morgan fingerprint density at radius 1 is 1.29 bits per heavy atom. The average Bonchev–Trinajstić information content (AvgIpc) is 2.16. The topological polar surface area (TPSA) is 35.2 Å². The molecular weight excluding hydrogens is 195 g/mol. The number of para-hydroxylation sites is 1. The molecule has 1 atom stereocenters. The fourth-order valence-electron chi connectivity index (χ4n) is 1.07. The van der Waals surface area contributed by atoms with Gasteiger partial charge in [-0.05, 0) is 6.07 Å². The van der Waals surface area contributed by atoms with Crippen LogP contribution in [-0.4, -0.2) is 13.3 Å². The smallest absolute Gasteiger partial charge is 0.387 e. The molecule has 0 saturated carbocycles. The largest absolute Gasteiger partial charge is 0.434 e. The minimum Gasteiger partial charge on any atom is -0.434 e. The summed E-state index contributed by atoms with van der Waals surface area (Å²) < 4.78 is 40.2. The maximum absolute atomic E-state index is 12.2. The standard InChI is InChI=1S/C9H10F3NO/c10-5-7(13)6-3-1-2-4-8(6)14-9(11)12/h1-4,7,9H,5,13H2/t7-/m1/s1. The van der Waals surface area contributed by atoms with Gasteiger partial charge < -0.3 is 10.5 Å².